The Morgan fingerprint density at radius 3 is 2.81 bits per heavy atom. The number of ether oxygens (including phenoxy) is 2. The second kappa shape index (κ2) is 9.17. The lowest BCUT2D eigenvalue weighted by Gasteiger charge is -2.20. The topological polar surface area (TPSA) is 135 Å². The van der Waals surface area contributed by atoms with Crippen LogP contribution in [-0.2, 0) is 11.2 Å². The second-order valence-electron chi connectivity index (χ2n) is 7.94. The van der Waals surface area contributed by atoms with E-state index in [0.29, 0.717) is 28.2 Å². The minimum absolute atomic E-state index is 0.0823. The van der Waals surface area contributed by atoms with Gasteiger partial charge in [0.05, 0.1) is 23.7 Å². The summed E-state index contributed by atoms with van der Waals surface area (Å²) in [6, 6.07) is 5.78. The number of likely N-dealkylation sites (N-methyl/N-ethyl adjacent to an activating group) is 1. The first-order chi connectivity index (χ1) is 17.4. The predicted molar refractivity (Wildman–Crippen MR) is 122 cm³/mol. The van der Waals surface area contributed by atoms with Gasteiger partial charge < -0.3 is 19.7 Å². The van der Waals surface area contributed by atoms with Crippen LogP contribution < -0.4 is 19.7 Å². The summed E-state index contributed by atoms with van der Waals surface area (Å²) < 4.78 is 38.9. The first-order valence-corrected chi connectivity index (χ1v) is 10.7. The van der Waals surface area contributed by atoms with Crippen molar-refractivity contribution in [3.8, 4) is 11.6 Å². The van der Waals surface area contributed by atoms with Crippen LogP contribution >= 0.6 is 0 Å². The van der Waals surface area contributed by atoms with Crippen LogP contribution in [-0.4, -0.2) is 63.8 Å². The molecule has 3 heterocycles. The first-order valence-electron chi connectivity index (χ1n) is 10.7. The number of aromatic amines is 1. The third-order valence-corrected chi connectivity index (χ3v) is 5.71. The molecule has 2 aromatic carbocycles. The number of aromatic nitrogens is 5. The Morgan fingerprint density at radius 2 is 2.06 bits per heavy atom. The van der Waals surface area contributed by atoms with E-state index in [2.05, 4.69) is 30.5 Å². The van der Waals surface area contributed by atoms with E-state index >= 15 is 0 Å². The highest BCUT2D eigenvalue weighted by atomic mass is 19.1. The van der Waals surface area contributed by atoms with Gasteiger partial charge in [0.15, 0.2) is 0 Å². The fourth-order valence-corrected chi connectivity index (χ4v) is 3.86. The number of carbonyl (C=O) groups is 2. The van der Waals surface area contributed by atoms with E-state index in [1.54, 1.807) is 19.2 Å². The molecule has 0 radical (unpaired) electrons. The summed E-state index contributed by atoms with van der Waals surface area (Å²) in [7, 11) is 3.02. The largest absolute Gasteiger partial charge is 0.489 e. The Hall–Kier alpha value is -4.68. The molecule has 0 spiro atoms. The minimum atomic E-state index is -1.06. The molecule has 0 aliphatic carbocycles. The molecule has 2 amide bonds. The van der Waals surface area contributed by atoms with E-state index in [1.807, 2.05) is 0 Å². The average Bonchev–Trinajstić information content (AvgIpc) is 3.32. The maximum atomic E-state index is 13.9. The van der Waals surface area contributed by atoms with Crippen LogP contribution in [0.1, 0.15) is 22.0 Å². The van der Waals surface area contributed by atoms with Crippen molar-refractivity contribution < 1.29 is 27.8 Å². The Bertz CT molecular complexity index is 1470. The van der Waals surface area contributed by atoms with Gasteiger partial charge >= 0.3 is 0 Å². The molecule has 0 saturated heterocycles. The number of benzene rings is 2. The molecule has 0 unspecified atom stereocenters. The zero-order valence-electron chi connectivity index (χ0n) is 19.1. The third kappa shape index (κ3) is 4.15. The number of rotatable bonds is 5. The van der Waals surface area contributed by atoms with Gasteiger partial charge in [-0.25, -0.2) is 23.7 Å². The molecular formula is C23H19F2N7O4. The van der Waals surface area contributed by atoms with Crippen LogP contribution in [0.5, 0.6) is 11.6 Å². The number of H-pyrrole nitrogens is 1. The summed E-state index contributed by atoms with van der Waals surface area (Å²) >= 11 is 0. The quantitative estimate of drug-likeness (QED) is 0.428. The monoisotopic (exact) mass is 495 g/mol. The van der Waals surface area contributed by atoms with Crippen molar-refractivity contribution in [2.75, 3.05) is 25.7 Å². The SMILES string of the molecule is COc1ncnc2cc3c(cc12)N(C)C(=O)[C@@H](NC(=O)c1n[nH]c(Cc2c(F)cccc2F)n1)CO3. The summed E-state index contributed by atoms with van der Waals surface area (Å²) in [5.74, 6) is -2.15. The van der Waals surface area contributed by atoms with Gasteiger partial charge in [-0.3, -0.25) is 14.7 Å². The van der Waals surface area contributed by atoms with Gasteiger partial charge in [0, 0.05) is 25.1 Å². The highest BCUT2D eigenvalue weighted by Crippen LogP contribution is 2.36. The summed E-state index contributed by atoms with van der Waals surface area (Å²) in [6.07, 6.45) is 1.12. The molecule has 1 atom stereocenters. The molecule has 2 N–H and O–H groups in total. The lowest BCUT2D eigenvalue weighted by atomic mass is 10.1. The number of halogens is 2. The van der Waals surface area contributed by atoms with E-state index in [-0.39, 0.29) is 30.2 Å². The van der Waals surface area contributed by atoms with Gasteiger partial charge in [-0.05, 0) is 18.2 Å². The average molecular weight is 495 g/mol. The lowest BCUT2D eigenvalue weighted by molar-refractivity contribution is -0.120. The molecule has 1 aliphatic rings. The Kier molecular flexibility index (Phi) is 5.88. The fraction of sp³-hybridized carbons (Fsp3) is 0.217. The summed E-state index contributed by atoms with van der Waals surface area (Å²) in [4.78, 5) is 39.5. The van der Waals surface area contributed by atoms with E-state index in [1.165, 1.54) is 24.4 Å². The van der Waals surface area contributed by atoms with Crippen molar-refractivity contribution in [2.24, 2.45) is 0 Å². The molecule has 0 fully saturated rings. The molecule has 13 heteroatoms. The molecule has 2 aromatic heterocycles. The number of carbonyl (C=O) groups excluding carboxylic acids is 2. The maximum Gasteiger partial charge on any atom is 0.291 e. The molecular weight excluding hydrogens is 476 g/mol. The molecule has 184 valence electrons. The smallest absolute Gasteiger partial charge is 0.291 e. The van der Waals surface area contributed by atoms with Crippen molar-refractivity contribution in [1.29, 1.82) is 0 Å². The predicted octanol–water partition coefficient (Wildman–Crippen LogP) is 1.78. The number of amides is 2. The van der Waals surface area contributed by atoms with Crippen LogP contribution in [0.25, 0.3) is 10.9 Å². The lowest BCUT2D eigenvalue weighted by Crippen LogP contribution is -2.49. The van der Waals surface area contributed by atoms with Gasteiger partial charge in [-0.15, -0.1) is 5.10 Å². The summed E-state index contributed by atoms with van der Waals surface area (Å²) in [6.45, 7) is -0.159. The highest BCUT2D eigenvalue weighted by Gasteiger charge is 2.32. The Balaban J connectivity index is 1.34. The fourth-order valence-electron chi connectivity index (χ4n) is 3.86. The zero-order chi connectivity index (χ0) is 25.4. The van der Waals surface area contributed by atoms with Crippen LogP contribution in [0, 0.1) is 11.6 Å². The molecule has 4 aromatic rings. The van der Waals surface area contributed by atoms with E-state index < -0.39 is 29.5 Å². The summed E-state index contributed by atoms with van der Waals surface area (Å²) in [5.41, 5.74) is 0.800. The number of fused-ring (bicyclic) bond motifs is 2. The second-order valence-corrected chi connectivity index (χ2v) is 7.94. The van der Waals surface area contributed by atoms with Gasteiger partial charge in [0.25, 0.3) is 11.8 Å². The van der Waals surface area contributed by atoms with Crippen LogP contribution in [0.2, 0.25) is 0 Å². The van der Waals surface area contributed by atoms with Crippen LogP contribution in [0.4, 0.5) is 14.5 Å². The van der Waals surface area contributed by atoms with E-state index in [4.69, 9.17) is 9.47 Å². The van der Waals surface area contributed by atoms with Crippen molar-refractivity contribution in [3.05, 3.63) is 65.5 Å². The van der Waals surface area contributed by atoms with Gasteiger partial charge in [-0.1, -0.05) is 6.07 Å². The van der Waals surface area contributed by atoms with E-state index in [0.717, 1.165) is 12.1 Å². The number of nitrogens with one attached hydrogen (secondary N) is 2. The molecule has 5 rings (SSSR count). The number of nitrogens with zero attached hydrogens (tertiary/aromatic N) is 5. The molecule has 1 aliphatic heterocycles. The molecule has 11 nitrogen and oxygen atoms in total. The van der Waals surface area contributed by atoms with Gasteiger partial charge in [0.1, 0.15) is 42.2 Å². The third-order valence-electron chi connectivity index (χ3n) is 5.71. The Morgan fingerprint density at radius 1 is 1.28 bits per heavy atom. The number of anilines is 1. The van der Waals surface area contributed by atoms with E-state index in [9.17, 15) is 18.4 Å². The standard InChI is InChI=1S/C23H19F2N7O4/c1-32-17-6-12-15(26-10-27-22(12)35-2)8-18(17)36-9-16(23(32)34)28-21(33)20-29-19(30-31-20)7-11-13(24)4-3-5-14(11)25/h3-6,8,10,16H,7,9H2,1-2H3,(H,28,33)(H,29,30,31)/t16-/m0/s1. The van der Waals surface area contributed by atoms with Crippen molar-refractivity contribution in [2.45, 2.75) is 12.5 Å². The van der Waals surface area contributed by atoms with Crippen LogP contribution in [0.3, 0.4) is 0 Å². The van der Waals surface area contributed by atoms with Gasteiger partial charge in [0.2, 0.25) is 11.7 Å². The van der Waals surface area contributed by atoms with Crippen molar-refractivity contribution in [1.82, 2.24) is 30.5 Å². The van der Waals surface area contributed by atoms with Gasteiger partial charge in [-0.2, -0.15) is 0 Å². The molecule has 0 bridgehead atoms. The number of hydrogen-bond donors (Lipinski definition) is 2. The Labute approximate surface area is 202 Å². The van der Waals surface area contributed by atoms with Crippen LogP contribution in [0.15, 0.2) is 36.7 Å². The minimum Gasteiger partial charge on any atom is -0.489 e. The molecule has 36 heavy (non-hydrogen) atoms. The number of hydrogen-bond acceptors (Lipinski definition) is 8. The summed E-state index contributed by atoms with van der Waals surface area (Å²) in [5, 5.41) is 9.45. The maximum absolute atomic E-state index is 13.9. The number of methoxy groups -OCH3 is 1. The highest BCUT2D eigenvalue weighted by molar-refractivity contribution is 6.04. The first kappa shape index (κ1) is 23.1. The zero-order valence-corrected chi connectivity index (χ0v) is 19.1. The van der Waals surface area contributed by atoms with Crippen molar-refractivity contribution in [3.63, 3.8) is 0 Å². The van der Waals surface area contributed by atoms with Crippen molar-refractivity contribution >= 4 is 28.4 Å². The molecule has 0 saturated carbocycles. The normalized spacial score (nSPS) is 15.3.